The van der Waals surface area contributed by atoms with Crippen LogP contribution in [0.2, 0.25) is 0 Å². The van der Waals surface area contributed by atoms with Crippen molar-refractivity contribution >= 4 is 11.4 Å². The number of benzene rings is 1. The van der Waals surface area contributed by atoms with Gasteiger partial charge in [-0.25, -0.2) is 0 Å². The van der Waals surface area contributed by atoms with Gasteiger partial charge in [0.2, 0.25) is 0 Å². The molecule has 0 aromatic heterocycles. The first-order valence-electron chi connectivity index (χ1n) is 6.95. The number of para-hydroxylation sites is 1. The molecule has 5 heteroatoms. The number of anilines is 1. The van der Waals surface area contributed by atoms with E-state index in [0.717, 1.165) is 6.42 Å². The van der Waals surface area contributed by atoms with Crippen LogP contribution in [0.3, 0.4) is 0 Å². The summed E-state index contributed by atoms with van der Waals surface area (Å²) < 4.78 is 5.52. The maximum absolute atomic E-state index is 11.3. The molecule has 0 aliphatic carbocycles. The van der Waals surface area contributed by atoms with Crippen LogP contribution in [-0.2, 0) is 0 Å². The van der Waals surface area contributed by atoms with Gasteiger partial charge in [-0.2, -0.15) is 0 Å². The normalized spacial score (nSPS) is 11.5. The molecule has 0 bridgehead atoms. The molecule has 0 aliphatic heterocycles. The lowest BCUT2D eigenvalue weighted by Crippen LogP contribution is -2.22. The van der Waals surface area contributed by atoms with Gasteiger partial charge in [0, 0.05) is 6.54 Å². The molecule has 20 heavy (non-hydrogen) atoms. The van der Waals surface area contributed by atoms with Crippen LogP contribution >= 0.6 is 0 Å². The van der Waals surface area contributed by atoms with Crippen molar-refractivity contribution in [1.29, 1.82) is 0 Å². The van der Waals surface area contributed by atoms with Crippen LogP contribution < -0.4 is 10.1 Å². The van der Waals surface area contributed by atoms with Crippen LogP contribution in [0, 0.1) is 15.5 Å². The second-order valence-corrected chi connectivity index (χ2v) is 5.95. The molecule has 0 radical (unpaired) electrons. The van der Waals surface area contributed by atoms with Gasteiger partial charge >= 0.3 is 5.69 Å². The van der Waals surface area contributed by atoms with Crippen molar-refractivity contribution in [3.05, 3.63) is 28.3 Å². The minimum Gasteiger partial charge on any atom is -0.484 e. The van der Waals surface area contributed by atoms with E-state index in [-0.39, 0.29) is 22.1 Å². The Labute approximate surface area is 120 Å². The highest BCUT2D eigenvalue weighted by molar-refractivity contribution is 5.68. The number of nitro benzene ring substituents is 1. The molecule has 0 fully saturated rings. The molecule has 0 spiro atoms. The number of nitro groups is 1. The van der Waals surface area contributed by atoms with Gasteiger partial charge in [-0.3, -0.25) is 10.1 Å². The molecular formula is C15H24N2O3. The second kappa shape index (κ2) is 6.59. The molecule has 0 saturated heterocycles. The molecule has 5 nitrogen and oxygen atoms in total. The number of hydrogen-bond donors (Lipinski definition) is 1. The van der Waals surface area contributed by atoms with E-state index in [9.17, 15) is 10.1 Å². The van der Waals surface area contributed by atoms with Gasteiger partial charge in [-0.15, -0.1) is 0 Å². The van der Waals surface area contributed by atoms with Crippen LogP contribution in [0.15, 0.2) is 18.2 Å². The number of nitrogens with one attached hydrogen (secondary N) is 1. The van der Waals surface area contributed by atoms with E-state index >= 15 is 0 Å². The molecule has 0 heterocycles. The quantitative estimate of drug-likeness (QED) is 0.599. The Balaban J connectivity index is 3.04. The van der Waals surface area contributed by atoms with Crippen LogP contribution in [0.25, 0.3) is 0 Å². The highest BCUT2D eigenvalue weighted by Crippen LogP contribution is 2.36. The molecule has 0 saturated carbocycles. The van der Waals surface area contributed by atoms with Gasteiger partial charge in [-0.05, 0) is 37.8 Å². The number of rotatable bonds is 7. The first kappa shape index (κ1) is 16.3. The van der Waals surface area contributed by atoms with E-state index in [1.165, 1.54) is 0 Å². The van der Waals surface area contributed by atoms with Gasteiger partial charge in [-0.1, -0.05) is 26.8 Å². The van der Waals surface area contributed by atoms with Crippen molar-refractivity contribution in [2.45, 2.75) is 47.1 Å². The fraction of sp³-hybridized carbons (Fsp3) is 0.600. The summed E-state index contributed by atoms with van der Waals surface area (Å²) in [6.07, 6.45) is 0.895. The van der Waals surface area contributed by atoms with E-state index in [2.05, 4.69) is 26.1 Å². The Bertz CT molecular complexity index is 470. The predicted octanol–water partition coefficient (Wildman–Crippen LogP) is 4.23. The third kappa shape index (κ3) is 4.40. The zero-order chi connectivity index (χ0) is 15.3. The topological polar surface area (TPSA) is 64.4 Å². The molecule has 112 valence electrons. The average Bonchev–Trinajstić information content (AvgIpc) is 2.35. The smallest absolute Gasteiger partial charge is 0.333 e. The fourth-order valence-electron chi connectivity index (χ4n) is 1.66. The maximum Gasteiger partial charge on any atom is 0.333 e. The Morgan fingerprint density at radius 3 is 2.55 bits per heavy atom. The largest absolute Gasteiger partial charge is 0.484 e. The van der Waals surface area contributed by atoms with Gasteiger partial charge in [0.25, 0.3) is 0 Å². The van der Waals surface area contributed by atoms with Crippen molar-refractivity contribution in [3.63, 3.8) is 0 Å². The van der Waals surface area contributed by atoms with Crippen molar-refractivity contribution < 1.29 is 9.66 Å². The van der Waals surface area contributed by atoms with Crippen LogP contribution in [0.1, 0.15) is 41.0 Å². The Hall–Kier alpha value is -1.78. The fourth-order valence-corrected chi connectivity index (χ4v) is 1.66. The molecule has 0 amide bonds. The van der Waals surface area contributed by atoms with Gasteiger partial charge < -0.3 is 10.1 Å². The first-order valence-corrected chi connectivity index (χ1v) is 6.95. The summed E-state index contributed by atoms with van der Waals surface area (Å²) >= 11 is 0. The minimum atomic E-state index is -0.390. The summed E-state index contributed by atoms with van der Waals surface area (Å²) in [6.45, 7) is 10.7. The second-order valence-electron chi connectivity index (χ2n) is 5.95. The van der Waals surface area contributed by atoms with E-state index < -0.39 is 0 Å². The van der Waals surface area contributed by atoms with Crippen LogP contribution in [-0.4, -0.2) is 17.6 Å². The minimum absolute atomic E-state index is 0.00750. The summed E-state index contributed by atoms with van der Waals surface area (Å²) in [7, 11) is 0. The van der Waals surface area contributed by atoms with E-state index in [1.54, 1.807) is 18.2 Å². The number of nitrogens with zero attached hydrogens (tertiary/aromatic N) is 1. The monoisotopic (exact) mass is 280 g/mol. The predicted molar refractivity (Wildman–Crippen MR) is 81.4 cm³/mol. The molecule has 1 rings (SSSR count). The Morgan fingerprint density at radius 2 is 2.05 bits per heavy atom. The Morgan fingerprint density at radius 1 is 1.40 bits per heavy atom. The van der Waals surface area contributed by atoms with Crippen LogP contribution in [0.5, 0.6) is 5.75 Å². The lowest BCUT2D eigenvalue weighted by Gasteiger charge is -2.23. The zero-order valence-corrected chi connectivity index (χ0v) is 12.9. The van der Waals surface area contributed by atoms with Gasteiger partial charge in [0.1, 0.15) is 5.69 Å². The maximum atomic E-state index is 11.3. The van der Waals surface area contributed by atoms with Gasteiger partial charge in [0.05, 0.1) is 11.0 Å². The average molecular weight is 280 g/mol. The third-order valence-electron chi connectivity index (χ3n) is 3.26. The number of hydrogen-bond acceptors (Lipinski definition) is 4. The number of ether oxygens (including phenoxy) is 1. The summed E-state index contributed by atoms with van der Waals surface area (Å²) in [6, 6.07) is 5.12. The molecule has 0 atom stereocenters. The van der Waals surface area contributed by atoms with E-state index in [1.807, 2.05) is 13.8 Å². The highest BCUT2D eigenvalue weighted by Gasteiger charge is 2.23. The standard InChI is InChI=1S/C15H24N2O3/c1-6-15(4,5)10-16-12-8-7-9-13(20-11(2)3)14(12)17(18)19/h7-9,11,16H,6,10H2,1-5H3. The lowest BCUT2D eigenvalue weighted by molar-refractivity contribution is -0.385. The third-order valence-corrected chi connectivity index (χ3v) is 3.26. The summed E-state index contributed by atoms with van der Waals surface area (Å²) in [5.74, 6) is 0.310. The first-order chi connectivity index (χ1) is 9.26. The van der Waals surface area contributed by atoms with Gasteiger partial charge in [0.15, 0.2) is 5.75 Å². The summed E-state index contributed by atoms with van der Waals surface area (Å²) in [5, 5.41) is 14.5. The molecule has 0 unspecified atom stereocenters. The molecule has 1 N–H and O–H groups in total. The molecule has 1 aromatic rings. The van der Waals surface area contributed by atoms with E-state index in [0.29, 0.717) is 18.0 Å². The zero-order valence-electron chi connectivity index (χ0n) is 12.9. The van der Waals surface area contributed by atoms with Crippen molar-refractivity contribution in [2.75, 3.05) is 11.9 Å². The summed E-state index contributed by atoms with van der Waals surface area (Å²) in [4.78, 5) is 10.9. The molecule has 1 aromatic carbocycles. The SMILES string of the molecule is CCC(C)(C)CNc1cccc(OC(C)C)c1[N+](=O)[O-]. The van der Waals surface area contributed by atoms with Crippen molar-refractivity contribution in [3.8, 4) is 5.75 Å². The van der Waals surface area contributed by atoms with Crippen LogP contribution in [0.4, 0.5) is 11.4 Å². The van der Waals surface area contributed by atoms with E-state index in [4.69, 9.17) is 4.74 Å². The highest BCUT2D eigenvalue weighted by atomic mass is 16.6. The lowest BCUT2D eigenvalue weighted by atomic mass is 9.90. The summed E-state index contributed by atoms with van der Waals surface area (Å²) in [5.41, 5.74) is 0.603. The Kier molecular flexibility index (Phi) is 5.36. The van der Waals surface area contributed by atoms with Crippen molar-refractivity contribution in [1.82, 2.24) is 0 Å². The van der Waals surface area contributed by atoms with Crippen molar-refractivity contribution in [2.24, 2.45) is 5.41 Å². The molecule has 0 aliphatic rings. The molecular weight excluding hydrogens is 256 g/mol.